The molecule has 0 bridgehead atoms. The maximum Gasteiger partial charge on any atom is 0.244 e. The second-order valence-corrected chi connectivity index (χ2v) is 12.1. The lowest BCUT2D eigenvalue weighted by molar-refractivity contribution is -0.139. The van der Waals surface area contributed by atoms with Crippen molar-refractivity contribution in [3.63, 3.8) is 0 Å². The molecule has 0 saturated heterocycles. The second kappa shape index (κ2) is 12.3. The summed E-state index contributed by atoms with van der Waals surface area (Å²) in [4.78, 5) is 28.2. The zero-order valence-corrected chi connectivity index (χ0v) is 23.2. The third-order valence-electron chi connectivity index (χ3n) is 6.48. The Morgan fingerprint density at radius 2 is 1.78 bits per heavy atom. The van der Waals surface area contributed by atoms with Gasteiger partial charge in [0.2, 0.25) is 21.8 Å². The Balaban J connectivity index is 1.88. The van der Waals surface area contributed by atoms with Crippen LogP contribution < -0.4 is 9.62 Å². The van der Waals surface area contributed by atoms with Crippen LogP contribution in [0.3, 0.4) is 0 Å². The largest absolute Gasteiger partial charge is 0.352 e. The lowest BCUT2D eigenvalue weighted by Gasteiger charge is -2.33. The van der Waals surface area contributed by atoms with Gasteiger partial charge in [-0.25, -0.2) is 8.42 Å². The van der Waals surface area contributed by atoms with Crippen LogP contribution in [0.5, 0.6) is 0 Å². The Kier molecular flexibility index (Phi) is 9.66. The third-order valence-corrected chi connectivity index (χ3v) is 8.27. The van der Waals surface area contributed by atoms with Crippen LogP contribution >= 0.6 is 23.2 Å². The van der Waals surface area contributed by atoms with E-state index in [2.05, 4.69) is 5.32 Å². The highest BCUT2D eigenvalue weighted by Crippen LogP contribution is 2.26. The summed E-state index contributed by atoms with van der Waals surface area (Å²) in [6.45, 7) is 3.10. The lowest BCUT2D eigenvalue weighted by Crippen LogP contribution is -2.52. The second-order valence-electron chi connectivity index (χ2n) is 9.37. The molecule has 1 saturated carbocycles. The number of hydrogen-bond acceptors (Lipinski definition) is 4. The minimum atomic E-state index is -3.82. The summed E-state index contributed by atoms with van der Waals surface area (Å²) in [6.07, 6.45) is 6.15. The smallest absolute Gasteiger partial charge is 0.244 e. The number of benzene rings is 2. The number of rotatable bonds is 9. The van der Waals surface area contributed by atoms with Crippen LogP contribution in [0.25, 0.3) is 0 Å². The highest BCUT2D eigenvalue weighted by atomic mass is 35.5. The Morgan fingerprint density at radius 3 is 2.39 bits per heavy atom. The molecule has 2 aromatic rings. The highest BCUT2D eigenvalue weighted by molar-refractivity contribution is 7.92. The SMILES string of the molecule is Cc1ccc(N(CC(=O)N(Cc2cccc(Cl)c2)[C@H](C)C(=O)NC2CCCCC2)S(C)(=O)=O)cc1Cl. The van der Waals surface area contributed by atoms with Gasteiger partial charge in [0.05, 0.1) is 11.9 Å². The number of carbonyl (C=O) groups excluding carboxylic acids is 2. The molecule has 0 radical (unpaired) electrons. The van der Waals surface area contributed by atoms with Crippen LogP contribution in [-0.4, -0.2) is 50.0 Å². The quantitative estimate of drug-likeness (QED) is 0.476. The molecule has 2 amide bonds. The molecule has 196 valence electrons. The molecule has 2 aromatic carbocycles. The standard InChI is InChI=1S/C26H33Cl2N3O4S/c1-18-12-13-23(15-24(18)28)31(36(3,34)35)17-25(32)30(16-20-8-7-9-21(27)14-20)19(2)26(33)29-22-10-5-4-6-11-22/h7-9,12-15,19,22H,4-6,10-11,16-17H2,1-3H3,(H,29,33)/t19-/m1/s1. The first-order chi connectivity index (χ1) is 17.0. The first kappa shape index (κ1) is 28.3. The fourth-order valence-corrected chi connectivity index (χ4v) is 5.56. The van der Waals surface area contributed by atoms with Crippen LogP contribution in [0.4, 0.5) is 5.69 Å². The summed E-state index contributed by atoms with van der Waals surface area (Å²) in [6, 6.07) is 11.1. The van der Waals surface area contributed by atoms with E-state index in [1.807, 2.05) is 6.07 Å². The van der Waals surface area contributed by atoms with E-state index in [0.29, 0.717) is 10.0 Å². The molecule has 1 aliphatic rings. The average molecular weight is 555 g/mol. The number of nitrogens with one attached hydrogen (secondary N) is 1. The molecule has 1 fully saturated rings. The molecule has 0 spiro atoms. The van der Waals surface area contributed by atoms with Crippen LogP contribution in [0, 0.1) is 6.92 Å². The third kappa shape index (κ3) is 7.60. The monoisotopic (exact) mass is 553 g/mol. The van der Waals surface area contributed by atoms with Crippen LogP contribution in [0.15, 0.2) is 42.5 Å². The molecule has 0 aliphatic heterocycles. The molecule has 1 atom stereocenters. The van der Waals surface area contributed by atoms with E-state index in [9.17, 15) is 18.0 Å². The molecule has 10 heteroatoms. The molecular weight excluding hydrogens is 521 g/mol. The summed E-state index contributed by atoms with van der Waals surface area (Å²) >= 11 is 12.4. The Morgan fingerprint density at radius 1 is 1.08 bits per heavy atom. The zero-order valence-electron chi connectivity index (χ0n) is 20.8. The van der Waals surface area contributed by atoms with E-state index in [-0.39, 0.29) is 24.2 Å². The Hall–Kier alpha value is -2.29. The first-order valence-electron chi connectivity index (χ1n) is 12.0. The minimum absolute atomic E-state index is 0.0824. The molecule has 0 unspecified atom stereocenters. The number of amides is 2. The van der Waals surface area contributed by atoms with E-state index >= 15 is 0 Å². The van der Waals surface area contributed by atoms with E-state index in [4.69, 9.17) is 23.2 Å². The van der Waals surface area contributed by atoms with Crippen LogP contribution in [-0.2, 0) is 26.2 Å². The van der Waals surface area contributed by atoms with Gasteiger partial charge < -0.3 is 10.2 Å². The van der Waals surface area contributed by atoms with Gasteiger partial charge in [0.1, 0.15) is 12.6 Å². The highest BCUT2D eigenvalue weighted by Gasteiger charge is 2.31. The van der Waals surface area contributed by atoms with Gasteiger partial charge in [-0.15, -0.1) is 0 Å². The zero-order chi connectivity index (χ0) is 26.5. The van der Waals surface area contributed by atoms with Gasteiger partial charge in [-0.05, 0) is 62.1 Å². The lowest BCUT2D eigenvalue weighted by atomic mass is 9.95. The average Bonchev–Trinajstić information content (AvgIpc) is 2.82. The molecule has 7 nitrogen and oxygen atoms in total. The van der Waals surface area contributed by atoms with Crippen molar-refractivity contribution in [1.82, 2.24) is 10.2 Å². The molecule has 0 heterocycles. The number of anilines is 1. The van der Waals surface area contributed by atoms with E-state index in [1.54, 1.807) is 44.2 Å². The summed E-state index contributed by atoms with van der Waals surface area (Å²) in [7, 11) is -3.82. The maximum absolute atomic E-state index is 13.6. The topological polar surface area (TPSA) is 86.8 Å². The number of hydrogen-bond donors (Lipinski definition) is 1. The number of nitrogens with zero attached hydrogens (tertiary/aromatic N) is 2. The normalized spacial score (nSPS) is 15.2. The van der Waals surface area contributed by atoms with Crippen molar-refractivity contribution in [2.24, 2.45) is 0 Å². The van der Waals surface area contributed by atoms with Crippen molar-refractivity contribution in [3.05, 3.63) is 63.6 Å². The molecule has 3 rings (SSSR count). The van der Waals surface area contributed by atoms with Crippen molar-refractivity contribution < 1.29 is 18.0 Å². The van der Waals surface area contributed by atoms with Crippen molar-refractivity contribution in [2.75, 3.05) is 17.1 Å². The number of carbonyl (C=O) groups is 2. The first-order valence-corrected chi connectivity index (χ1v) is 14.6. The molecule has 1 N–H and O–H groups in total. The Bertz CT molecular complexity index is 1200. The summed E-state index contributed by atoms with van der Waals surface area (Å²) in [5.74, 6) is -0.773. The van der Waals surface area contributed by atoms with Crippen molar-refractivity contribution in [2.45, 2.75) is 64.6 Å². The van der Waals surface area contributed by atoms with Gasteiger partial charge in [0.25, 0.3) is 0 Å². The van der Waals surface area contributed by atoms with E-state index in [1.165, 1.54) is 11.0 Å². The molecule has 1 aliphatic carbocycles. The molecular formula is C26H33Cl2N3O4S. The van der Waals surface area contributed by atoms with Gasteiger partial charge in [-0.3, -0.25) is 13.9 Å². The molecule has 0 aromatic heterocycles. The predicted molar refractivity (Wildman–Crippen MR) is 145 cm³/mol. The fourth-order valence-electron chi connectivity index (χ4n) is 4.33. The number of aryl methyl sites for hydroxylation is 1. The van der Waals surface area contributed by atoms with Crippen LogP contribution in [0.1, 0.15) is 50.2 Å². The van der Waals surface area contributed by atoms with Crippen molar-refractivity contribution in [3.8, 4) is 0 Å². The summed E-state index contributed by atoms with van der Waals surface area (Å²) < 4.78 is 26.4. The van der Waals surface area contributed by atoms with Crippen molar-refractivity contribution in [1.29, 1.82) is 0 Å². The van der Waals surface area contributed by atoms with Gasteiger partial charge in [0, 0.05) is 22.6 Å². The maximum atomic E-state index is 13.6. The predicted octanol–water partition coefficient (Wildman–Crippen LogP) is 4.93. The number of halogens is 2. The van der Waals surface area contributed by atoms with Gasteiger partial charge in [-0.1, -0.05) is 60.7 Å². The van der Waals surface area contributed by atoms with Crippen molar-refractivity contribution >= 4 is 50.7 Å². The van der Waals surface area contributed by atoms with Gasteiger partial charge in [0.15, 0.2) is 0 Å². The summed E-state index contributed by atoms with van der Waals surface area (Å²) in [5, 5.41) is 3.97. The van der Waals surface area contributed by atoms with E-state index < -0.39 is 28.5 Å². The minimum Gasteiger partial charge on any atom is -0.352 e. The van der Waals surface area contributed by atoms with Gasteiger partial charge in [-0.2, -0.15) is 0 Å². The van der Waals surface area contributed by atoms with Gasteiger partial charge >= 0.3 is 0 Å². The molecule has 36 heavy (non-hydrogen) atoms. The fraction of sp³-hybridized carbons (Fsp3) is 0.462. The van der Waals surface area contributed by atoms with E-state index in [0.717, 1.165) is 53.8 Å². The summed E-state index contributed by atoms with van der Waals surface area (Å²) in [5.41, 5.74) is 1.80. The Labute approximate surface area is 223 Å². The van der Waals surface area contributed by atoms with Crippen LogP contribution in [0.2, 0.25) is 10.0 Å². The number of sulfonamides is 1.